The van der Waals surface area contributed by atoms with Crippen molar-refractivity contribution in [2.24, 2.45) is 5.73 Å². The van der Waals surface area contributed by atoms with Crippen LogP contribution in [0.1, 0.15) is 6.92 Å². The van der Waals surface area contributed by atoms with Gasteiger partial charge in [-0.05, 0) is 6.92 Å². The Labute approximate surface area is 69.1 Å². The summed E-state index contributed by atoms with van der Waals surface area (Å²) in [6.07, 6.45) is 0. The lowest BCUT2D eigenvalue weighted by Gasteiger charge is -2.04. The summed E-state index contributed by atoms with van der Waals surface area (Å²) < 4.78 is 7.75. The van der Waals surface area contributed by atoms with Crippen LogP contribution in [0.25, 0.3) is 0 Å². The normalized spacial score (nSPS) is 12.8. The summed E-state index contributed by atoms with van der Waals surface area (Å²) in [5.74, 6) is 0. The molecule has 0 aliphatic carbocycles. The predicted octanol–water partition coefficient (Wildman–Crippen LogP) is 0.763. The number of nitrogens with one attached hydrogen (secondary N) is 1. The van der Waals surface area contributed by atoms with Crippen LogP contribution in [0.3, 0.4) is 0 Å². The standard InChI is InChI=1S/C5H11IN2O/c1-4(7)5(8-6)3-9-2/h8H,3,7H2,1-2H3/b5-4+. The first-order chi connectivity index (χ1) is 4.22. The van der Waals surface area contributed by atoms with E-state index in [2.05, 4.69) is 3.53 Å². The third-order valence-electron chi connectivity index (χ3n) is 0.879. The number of rotatable bonds is 3. The molecule has 0 aromatic carbocycles. The lowest BCUT2D eigenvalue weighted by atomic mass is 10.4. The lowest BCUT2D eigenvalue weighted by molar-refractivity contribution is 0.223. The minimum absolute atomic E-state index is 0.547. The van der Waals surface area contributed by atoms with E-state index in [0.717, 1.165) is 11.4 Å². The van der Waals surface area contributed by atoms with Crippen LogP contribution in [-0.2, 0) is 4.74 Å². The Bertz CT molecular complexity index is 110. The van der Waals surface area contributed by atoms with E-state index in [1.165, 1.54) is 0 Å². The van der Waals surface area contributed by atoms with Gasteiger partial charge in [-0.15, -0.1) is 0 Å². The summed E-state index contributed by atoms with van der Waals surface area (Å²) in [5, 5.41) is 0. The Hall–Kier alpha value is 0.0300. The number of methoxy groups -OCH3 is 1. The van der Waals surface area contributed by atoms with E-state index in [-0.39, 0.29) is 0 Å². The highest BCUT2D eigenvalue weighted by Gasteiger charge is 1.94. The molecule has 0 aliphatic heterocycles. The van der Waals surface area contributed by atoms with Gasteiger partial charge in [0.05, 0.1) is 35.2 Å². The molecule has 0 rings (SSSR count). The smallest absolute Gasteiger partial charge is 0.0882 e. The van der Waals surface area contributed by atoms with Crippen molar-refractivity contribution in [2.45, 2.75) is 6.92 Å². The topological polar surface area (TPSA) is 47.3 Å². The Morgan fingerprint density at radius 1 is 1.78 bits per heavy atom. The molecule has 3 N–H and O–H groups in total. The number of hydrogen-bond acceptors (Lipinski definition) is 3. The summed E-state index contributed by atoms with van der Waals surface area (Å²) >= 11 is 2.02. The quantitative estimate of drug-likeness (QED) is 0.567. The van der Waals surface area contributed by atoms with Crippen LogP contribution in [0.4, 0.5) is 0 Å². The van der Waals surface area contributed by atoms with Crippen molar-refractivity contribution in [3.05, 3.63) is 11.4 Å². The largest absolute Gasteiger partial charge is 0.401 e. The molecule has 0 aromatic rings. The molecule has 0 fully saturated rings. The molecule has 0 amide bonds. The SMILES string of the molecule is COC/C(NI)=C(/C)N. The van der Waals surface area contributed by atoms with Crippen LogP contribution in [0.15, 0.2) is 11.4 Å². The van der Waals surface area contributed by atoms with Crippen LogP contribution >= 0.6 is 22.9 Å². The average molecular weight is 242 g/mol. The van der Waals surface area contributed by atoms with Crippen molar-refractivity contribution in [1.29, 1.82) is 0 Å². The van der Waals surface area contributed by atoms with Gasteiger partial charge in [0, 0.05) is 12.8 Å². The van der Waals surface area contributed by atoms with E-state index in [0.29, 0.717) is 6.61 Å². The van der Waals surface area contributed by atoms with Crippen LogP contribution in [0, 0.1) is 0 Å². The van der Waals surface area contributed by atoms with E-state index in [9.17, 15) is 0 Å². The Morgan fingerprint density at radius 3 is 2.44 bits per heavy atom. The predicted molar refractivity (Wildman–Crippen MR) is 45.9 cm³/mol. The molecule has 0 saturated heterocycles. The van der Waals surface area contributed by atoms with Gasteiger partial charge in [-0.3, -0.25) is 0 Å². The number of allylic oxidation sites excluding steroid dienone is 1. The second kappa shape index (κ2) is 4.87. The van der Waals surface area contributed by atoms with Crippen molar-refractivity contribution in [2.75, 3.05) is 13.7 Å². The van der Waals surface area contributed by atoms with Crippen LogP contribution in [0.2, 0.25) is 0 Å². The molecule has 0 radical (unpaired) electrons. The van der Waals surface area contributed by atoms with Crippen LogP contribution in [0.5, 0.6) is 0 Å². The van der Waals surface area contributed by atoms with E-state index in [1.807, 2.05) is 29.8 Å². The fraction of sp³-hybridized carbons (Fsp3) is 0.600. The van der Waals surface area contributed by atoms with Gasteiger partial charge in [-0.25, -0.2) is 0 Å². The van der Waals surface area contributed by atoms with Crippen molar-refractivity contribution in [3.63, 3.8) is 0 Å². The molecule has 0 bridgehead atoms. The summed E-state index contributed by atoms with van der Waals surface area (Å²) in [6.45, 7) is 2.38. The van der Waals surface area contributed by atoms with Gasteiger partial charge >= 0.3 is 0 Å². The monoisotopic (exact) mass is 242 g/mol. The molecule has 0 aromatic heterocycles. The molecule has 3 nitrogen and oxygen atoms in total. The molecule has 0 atom stereocenters. The molecule has 0 aliphatic rings. The molecule has 4 heteroatoms. The highest BCUT2D eigenvalue weighted by atomic mass is 127. The molecule has 9 heavy (non-hydrogen) atoms. The molecule has 0 unspecified atom stereocenters. The molecule has 0 heterocycles. The molecule has 54 valence electrons. The first kappa shape index (κ1) is 9.03. The number of hydrogen-bond donors (Lipinski definition) is 2. The third-order valence-corrected chi connectivity index (χ3v) is 1.53. The maximum atomic E-state index is 5.47. The number of ether oxygens (including phenoxy) is 1. The third kappa shape index (κ3) is 3.58. The minimum Gasteiger partial charge on any atom is -0.401 e. The Balaban J connectivity index is 3.83. The van der Waals surface area contributed by atoms with Gasteiger partial charge < -0.3 is 14.0 Å². The zero-order valence-corrected chi connectivity index (χ0v) is 7.73. The van der Waals surface area contributed by atoms with Gasteiger partial charge in [-0.2, -0.15) is 0 Å². The molecular formula is C5H11IN2O. The highest BCUT2D eigenvalue weighted by molar-refractivity contribution is 14.1. The first-order valence-corrected chi connectivity index (χ1v) is 3.61. The highest BCUT2D eigenvalue weighted by Crippen LogP contribution is 1.96. The van der Waals surface area contributed by atoms with Gasteiger partial charge in [0.15, 0.2) is 0 Å². The summed E-state index contributed by atoms with van der Waals surface area (Å²) in [7, 11) is 1.64. The molecule has 0 saturated carbocycles. The van der Waals surface area contributed by atoms with Crippen molar-refractivity contribution in [3.8, 4) is 0 Å². The lowest BCUT2D eigenvalue weighted by Crippen LogP contribution is -2.12. The number of halogens is 1. The zero-order valence-electron chi connectivity index (χ0n) is 5.57. The van der Waals surface area contributed by atoms with E-state index < -0.39 is 0 Å². The van der Waals surface area contributed by atoms with E-state index in [4.69, 9.17) is 10.5 Å². The summed E-state index contributed by atoms with van der Waals surface area (Å²) in [6, 6.07) is 0. The average Bonchev–Trinajstić information content (AvgIpc) is 1.82. The summed E-state index contributed by atoms with van der Waals surface area (Å²) in [5.41, 5.74) is 7.16. The summed E-state index contributed by atoms with van der Waals surface area (Å²) in [4.78, 5) is 0. The van der Waals surface area contributed by atoms with E-state index in [1.54, 1.807) is 7.11 Å². The molecular weight excluding hydrogens is 231 g/mol. The first-order valence-electron chi connectivity index (χ1n) is 2.53. The number of nitrogens with two attached hydrogens (primary N) is 1. The van der Waals surface area contributed by atoms with Crippen LogP contribution in [-0.4, -0.2) is 13.7 Å². The van der Waals surface area contributed by atoms with Gasteiger partial charge in [-0.1, -0.05) is 0 Å². The van der Waals surface area contributed by atoms with Crippen molar-refractivity contribution >= 4 is 22.9 Å². The zero-order chi connectivity index (χ0) is 7.28. The second-order valence-electron chi connectivity index (χ2n) is 1.69. The Kier molecular flexibility index (Phi) is 4.88. The fourth-order valence-corrected chi connectivity index (χ4v) is 0.941. The van der Waals surface area contributed by atoms with Crippen molar-refractivity contribution < 1.29 is 4.74 Å². The maximum absolute atomic E-state index is 5.47. The molecule has 0 spiro atoms. The Morgan fingerprint density at radius 2 is 2.33 bits per heavy atom. The van der Waals surface area contributed by atoms with Crippen LogP contribution < -0.4 is 9.26 Å². The van der Waals surface area contributed by atoms with Gasteiger partial charge in [0.25, 0.3) is 0 Å². The minimum atomic E-state index is 0.547. The van der Waals surface area contributed by atoms with Gasteiger partial charge in [0.2, 0.25) is 0 Å². The van der Waals surface area contributed by atoms with Gasteiger partial charge in [0.1, 0.15) is 0 Å². The van der Waals surface area contributed by atoms with Crippen molar-refractivity contribution in [1.82, 2.24) is 3.53 Å². The fourth-order valence-electron chi connectivity index (χ4n) is 0.360. The second-order valence-corrected chi connectivity index (χ2v) is 2.23. The maximum Gasteiger partial charge on any atom is 0.0882 e. The van der Waals surface area contributed by atoms with E-state index >= 15 is 0 Å².